The molecule has 0 bridgehead atoms. The second-order valence-electron chi connectivity index (χ2n) is 29.6. The molecule has 8 N–H and O–H groups in total. The number of likely N-dealkylation sites (tertiary alicyclic amines) is 1. The number of likely N-dealkylation sites (N-methyl/N-ethyl adjacent to an activating group) is 5. The summed E-state index contributed by atoms with van der Waals surface area (Å²) in [6.07, 6.45) is -0.671. The van der Waals surface area contributed by atoms with Crippen LogP contribution in [0.15, 0.2) is 54.6 Å². The average molecular weight is 1450 g/mol. The van der Waals surface area contributed by atoms with Gasteiger partial charge in [-0.15, -0.1) is 0 Å². The van der Waals surface area contributed by atoms with E-state index < -0.39 is 151 Å². The van der Waals surface area contributed by atoms with Crippen LogP contribution >= 0.6 is 11.6 Å². The van der Waals surface area contributed by atoms with Gasteiger partial charge in [0.2, 0.25) is 65.0 Å². The van der Waals surface area contributed by atoms with Crippen LogP contribution in [0, 0.1) is 23.7 Å². The molecule has 0 aromatic heterocycles. The van der Waals surface area contributed by atoms with E-state index >= 15 is 33.6 Å². The fraction of sp³-hybridized carbons (Fsp3) is 0.693. The van der Waals surface area contributed by atoms with Gasteiger partial charge in [0.05, 0.1) is 25.1 Å². The largest absolute Gasteiger partial charge is 0.396 e. The van der Waals surface area contributed by atoms with Crippen LogP contribution in [0.2, 0.25) is 5.02 Å². The van der Waals surface area contributed by atoms with Gasteiger partial charge in [0, 0.05) is 79.3 Å². The van der Waals surface area contributed by atoms with Gasteiger partial charge in [-0.3, -0.25) is 58.1 Å². The van der Waals surface area contributed by atoms with Gasteiger partial charge in [-0.2, -0.15) is 0 Å². The number of halogens is 1. The van der Waals surface area contributed by atoms with E-state index in [-0.39, 0.29) is 101 Å². The Morgan fingerprint density at radius 3 is 1.64 bits per heavy atom. The van der Waals surface area contributed by atoms with Gasteiger partial charge >= 0.3 is 0 Å². The lowest BCUT2D eigenvalue weighted by atomic mass is 9.97. The molecule has 26 nitrogen and oxygen atoms in total. The summed E-state index contributed by atoms with van der Waals surface area (Å²) >= 11 is 6.53. The van der Waals surface area contributed by atoms with Crippen molar-refractivity contribution in [2.75, 3.05) is 68.0 Å². The van der Waals surface area contributed by atoms with Crippen molar-refractivity contribution in [1.29, 1.82) is 0 Å². The first-order valence-corrected chi connectivity index (χ1v) is 37.1. The molecule has 102 heavy (non-hydrogen) atoms. The maximum atomic E-state index is 15.6. The molecule has 0 radical (unpaired) electrons. The topological polar surface area (TPSA) is 331 Å². The summed E-state index contributed by atoms with van der Waals surface area (Å²) in [5, 5.41) is 48.4. The highest BCUT2D eigenvalue weighted by molar-refractivity contribution is 6.30. The Hall–Kier alpha value is -7.26. The third-order valence-electron chi connectivity index (χ3n) is 19.2. The third kappa shape index (κ3) is 26.2. The number of amides is 11. The van der Waals surface area contributed by atoms with E-state index in [9.17, 15) is 34.5 Å². The molecule has 4 rings (SSSR count). The highest BCUT2D eigenvalue weighted by Crippen LogP contribution is 2.25. The van der Waals surface area contributed by atoms with E-state index in [4.69, 9.17) is 11.6 Å². The molecule has 0 saturated carbocycles. The summed E-state index contributed by atoms with van der Waals surface area (Å²) in [5.41, 5.74) is 1.19. The SMILES string of the molecule is CCCN1CC(=O)N(C)[C@@H](CC(C)C)C(=O)N[C@@H](CCCCO)C(=O)N(C)[C@@H](Cc2cccc(Cl)c2)C(=O)N(C)[C@@H](CC(C)C)C(=O)N[C@H](C(=O)N2CCCCC2)CC(=O)N[C@H](CC)C(=O)N(C)[C@@H](Cc2ccccc2)C(=O)N[C@@H](CC(C)C)C(=O)N(C)[C@@H](CC(C)C)C(O)N[C@@H]([C@@H](C)O)C1=O. The summed E-state index contributed by atoms with van der Waals surface area (Å²) in [4.78, 5) is 175. The van der Waals surface area contributed by atoms with Crippen molar-refractivity contribution in [2.24, 2.45) is 23.7 Å². The van der Waals surface area contributed by atoms with Crippen LogP contribution in [0.5, 0.6) is 0 Å². The minimum atomic E-state index is -1.70. The number of carbonyl (C=O) groups is 11. The molecule has 2 saturated heterocycles. The highest BCUT2D eigenvalue weighted by atomic mass is 35.5. The van der Waals surface area contributed by atoms with Crippen LogP contribution in [0.25, 0.3) is 0 Å². The van der Waals surface area contributed by atoms with Crippen LogP contribution in [-0.4, -0.2) is 255 Å². The third-order valence-corrected chi connectivity index (χ3v) is 19.4. The molecule has 2 heterocycles. The predicted octanol–water partition coefficient (Wildman–Crippen LogP) is 4.27. The summed E-state index contributed by atoms with van der Waals surface area (Å²) in [6.45, 7) is 19.5. The van der Waals surface area contributed by atoms with Crippen molar-refractivity contribution in [3.63, 3.8) is 0 Å². The Kier molecular flexibility index (Phi) is 36.3. The number of carbonyl (C=O) groups excluding carboxylic acids is 11. The normalized spacial score (nSPS) is 25.5. The summed E-state index contributed by atoms with van der Waals surface area (Å²) in [7, 11) is 7.10. The minimum Gasteiger partial charge on any atom is -0.396 e. The molecular weight excluding hydrogens is 1330 g/mol. The molecule has 0 aliphatic carbocycles. The molecule has 27 heteroatoms. The molecule has 12 atom stereocenters. The smallest absolute Gasteiger partial charge is 0.246 e. The van der Waals surface area contributed by atoms with E-state index in [0.717, 1.165) is 6.42 Å². The molecule has 2 aromatic rings. The van der Waals surface area contributed by atoms with Crippen LogP contribution in [0.3, 0.4) is 0 Å². The molecule has 2 aromatic carbocycles. The van der Waals surface area contributed by atoms with Gasteiger partial charge in [-0.1, -0.05) is 123 Å². The second-order valence-corrected chi connectivity index (χ2v) is 30.0. The van der Waals surface area contributed by atoms with E-state index in [0.29, 0.717) is 48.5 Å². The summed E-state index contributed by atoms with van der Waals surface area (Å²) in [5.74, 6) is -8.63. The van der Waals surface area contributed by atoms with E-state index in [2.05, 4.69) is 26.6 Å². The number of unbranched alkanes of at least 4 members (excludes halogenated alkanes) is 1. The zero-order valence-electron chi connectivity index (χ0n) is 63.4. The number of nitrogens with one attached hydrogen (secondary N) is 5. The first-order valence-electron chi connectivity index (χ1n) is 36.7. The number of rotatable bonds is 21. The van der Waals surface area contributed by atoms with Crippen molar-refractivity contribution in [3.05, 3.63) is 70.7 Å². The number of piperidine rings is 1. The predicted molar refractivity (Wildman–Crippen MR) is 391 cm³/mol. The lowest BCUT2D eigenvalue weighted by Crippen LogP contribution is -2.63. The number of aliphatic hydroxyl groups excluding tert-OH is 3. The van der Waals surface area contributed by atoms with Crippen LogP contribution in [-0.2, 0) is 65.6 Å². The fourth-order valence-electron chi connectivity index (χ4n) is 13.3. The Balaban J connectivity index is 2.00. The first-order chi connectivity index (χ1) is 48.1. The van der Waals surface area contributed by atoms with Gasteiger partial charge in [-0.05, 0) is 131 Å². The molecule has 572 valence electrons. The van der Waals surface area contributed by atoms with Gasteiger partial charge in [0.15, 0.2) is 0 Å². The Morgan fingerprint density at radius 1 is 0.559 bits per heavy atom. The molecule has 2 aliphatic rings. The number of benzene rings is 2. The molecular formula is C75H121ClN12O14. The van der Waals surface area contributed by atoms with Crippen LogP contribution in [0.1, 0.15) is 171 Å². The standard InChI is InChI=1S/C75H121ClN12O14/c1-17-33-88-45-64(92)82(12)58(38-47(5)6)66(93)78-55(32-23-26-36-89)71(98)86(16)62(43-52-30-27-31-53(76)41-52)74(101)85(15)59(39-48(7)8)67(94)80-57(73(100)87-34-24-20-25-35-87)44-63(91)77-54(18-2)70(97)84(14)61(42-51-28-21-19-22-29-51)68(95)79-56(37-46(3)4)72(99)83(13)60(40-49(9)10)69(96)81-65(50(11)90)75(88)102/h19,21-22,27-31,41,46-50,54-62,65,69,81,89-90,96H,17-18,20,23-26,32-40,42-45H2,1-16H3,(H,77,91)(H,78,93)(H,79,95)(H,80,94)/t50-,54-,55+,56+,57+,58+,59+,60+,61+,62+,65+,69?/m1/s1. The zero-order chi connectivity index (χ0) is 76.4. The van der Waals surface area contributed by atoms with Crippen molar-refractivity contribution < 1.29 is 68.1 Å². The van der Waals surface area contributed by atoms with Crippen molar-refractivity contribution in [3.8, 4) is 0 Å². The zero-order valence-corrected chi connectivity index (χ0v) is 64.2. The van der Waals surface area contributed by atoms with Crippen molar-refractivity contribution >= 4 is 76.6 Å². The Bertz CT molecular complexity index is 3080. The van der Waals surface area contributed by atoms with E-state index in [1.165, 1.54) is 71.6 Å². The Morgan fingerprint density at radius 2 is 1.08 bits per heavy atom. The number of hydrogen-bond donors (Lipinski definition) is 8. The summed E-state index contributed by atoms with van der Waals surface area (Å²) < 4.78 is 0. The second kappa shape index (κ2) is 42.5. The van der Waals surface area contributed by atoms with E-state index in [1.54, 1.807) is 73.3 Å². The van der Waals surface area contributed by atoms with Gasteiger partial charge in [0.25, 0.3) is 0 Å². The number of nitrogens with zero attached hydrogens (tertiary/aromatic N) is 7. The van der Waals surface area contributed by atoms with Crippen molar-refractivity contribution in [2.45, 2.75) is 245 Å². The molecule has 2 fully saturated rings. The van der Waals surface area contributed by atoms with E-state index in [1.807, 2.05) is 55.4 Å². The van der Waals surface area contributed by atoms with Crippen LogP contribution < -0.4 is 26.6 Å². The van der Waals surface area contributed by atoms with Crippen LogP contribution in [0.4, 0.5) is 0 Å². The molecule has 0 spiro atoms. The molecule has 11 amide bonds. The Labute approximate surface area is 610 Å². The fourth-order valence-corrected chi connectivity index (χ4v) is 13.5. The van der Waals surface area contributed by atoms with Crippen molar-refractivity contribution in [1.82, 2.24) is 60.9 Å². The van der Waals surface area contributed by atoms with Gasteiger partial charge in [0.1, 0.15) is 60.6 Å². The lowest BCUT2D eigenvalue weighted by Gasteiger charge is -2.39. The quantitative estimate of drug-likeness (QED) is 0.0810. The lowest BCUT2D eigenvalue weighted by molar-refractivity contribution is -0.150. The monoisotopic (exact) mass is 1450 g/mol. The average Bonchev–Trinajstić information content (AvgIpc) is 0.809. The maximum Gasteiger partial charge on any atom is 0.246 e. The summed E-state index contributed by atoms with van der Waals surface area (Å²) in [6, 6.07) is 2.30. The first kappa shape index (κ1) is 87.1. The minimum absolute atomic E-state index is 0.00944. The maximum absolute atomic E-state index is 15.6. The molecule has 2 aliphatic heterocycles. The highest BCUT2D eigenvalue weighted by Gasteiger charge is 2.44. The number of aliphatic hydroxyl groups is 3. The number of hydrogen-bond acceptors (Lipinski definition) is 15. The molecule has 1 unspecified atom stereocenters. The van der Waals surface area contributed by atoms with Gasteiger partial charge in [-0.25, -0.2) is 0 Å². The van der Waals surface area contributed by atoms with Gasteiger partial charge < -0.3 is 70.9 Å².